The summed E-state index contributed by atoms with van der Waals surface area (Å²) in [6.45, 7) is 2.93. The minimum Gasteiger partial charge on any atom is -0.652 e. The second-order valence-electron chi connectivity index (χ2n) is 3.91. The molecule has 0 N–H and O–H groups in total. The summed E-state index contributed by atoms with van der Waals surface area (Å²) < 4.78 is 0. The predicted molar refractivity (Wildman–Crippen MR) is 68.4 cm³/mol. The van der Waals surface area contributed by atoms with Gasteiger partial charge in [0.05, 0.1) is 0 Å². The molecule has 0 radical (unpaired) electrons. The van der Waals surface area contributed by atoms with Gasteiger partial charge < -0.3 is 5.32 Å². The average Bonchev–Trinajstić information content (AvgIpc) is 2.38. The van der Waals surface area contributed by atoms with Crippen molar-refractivity contribution in [3.8, 4) is 0 Å². The average molecular weight is 210 g/mol. The molecule has 2 aromatic carbocycles. The summed E-state index contributed by atoms with van der Waals surface area (Å²) >= 11 is 0. The second-order valence-corrected chi connectivity index (χ2v) is 3.91. The third kappa shape index (κ3) is 2.94. The maximum absolute atomic E-state index is 4.66. The Balaban J connectivity index is 1.92. The van der Waals surface area contributed by atoms with Gasteiger partial charge in [-0.15, -0.1) is 12.6 Å². The lowest BCUT2D eigenvalue weighted by molar-refractivity contribution is 0.862. The quantitative estimate of drug-likeness (QED) is 0.713. The van der Waals surface area contributed by atoms with Crippen LogP contribution in [-0.2, 0) is 6.54 Å². The molecule has 0 aromatic heterocycles. The maximum Gasteiger partial charge on any atom is -0.0605 e. The van der Waals surface area contributed by atoms with E-state index in [-0.39, 0.29) is 6.04 Å². The highest BCUT2D eigenvalue weighted by molar-refractivity contribution is 5.24. The fourth-order valence-electron chi connectivity index (χ4n) is 1.66. The molecule has 82 valence electrons. The lowest BCUT2D eigenvalue weighted by Gasteiger charge is -2.28. The van der Waals surface area contributed by atoms with Crippen molar-refractivity contribution in [3.05, 3.63) is 77.1 Å². The molecule has 0 fully saturated rings. The molecule has 0 saturated heterocycles. The van der Waals surface area contributed by atoms with Gasteiger partial charge in [0.25, 0.3) is 0 Å². The van der Waals surface area contributed by atoms with Crippen LogP contribution in [0.4, 0.5) is 0 Å². The molecule has 0 unspecified atom stereocenters. The monoisotopic (exact) mass is 210 g/mol. The molecule has 0 heterocycles. The van der Waals surface area contributed by atoms with Crippen LogP contribution < -0.4 is 0 Å². The van der Waals surface area contributed by atoms with Gasteiger partial charge in [0, 0.05) is 0 Å². The Kier molecular flexibility index (Phi) is 3.73. The highest BCUT2D eigenvalue weighted by Gasteiger charge is 1.93. The van der Waals surface area contributed by atoms with E-state index >= 15 is 0 Å². The van der Waals surface area contributed by atoms with Crippen molar-refractivity contribution in [1.29, 1.82) is 0 Å². The normalized spacial score (nSPS) is 12.3. The van der Waals surface area contributed by atoms with Gasteiger partial charge in [0.15, 0.2) is 0 Å². The summed E-state index contributed by atoms with van der Waals surface area (Å²) in [6.07, 6.45) is 0. The van der Waals surface area contributed by atoms with Crippen LogP contribution in [0.2, 0.25) is 0 Å². The van der Waals surface area contributed by atoms with Crippen molar-refractivity contribution in [3.63, 3.8) is 0 Å². The van der Waals surface area contributed by atoms with E-state index < -0.39 is 0 Å². The first-order valence-electron chi connectivity index (χ1n) is 5.62. The molecular weight excluding hydrogens is 194 g/mol. The molecule has 2 rings (SSSR count). The number of rotatable bonds is 4. The van der Waals surface area contributed by atoms with Crippen molar-refractivity contribution < 1.29 is 0 Å². The van der Waals surface area contributed by atoms with Gasteiger partial charge in [-0.25, -0.2) is 0 Å². The van der Waals surface area contributed by atoms with Crippen molar-refractivity contribution in [2.75, 3.05) is 0 Å². The van der Waals surface area contributed by atoms with Crippen molar-refractivity contribution in [2.45, 2.75) is 19.5 Å². The van der Waals surface area contributed by atoms with E-state index in [4.69, 9.17) is 0 Å². The van der Waals surface area contributed by atoms with Crippen LogP contribution in [0.15, 0.2) is 60.7 Å². The van der Waals surface area contributed by atoms with Crippen LogP contribution in [0, 0.1) is 0 Å². The zero-order valence-corrected chi connectivity index (χ0v) is 9.51. The molecule has 0 spiro atoms. The van der Waals surface area contributed by atoms with Crippen LogP contribution in [-0.4, -0.2) is 0 Å². The zero-order valence-electron chi connectivity index (χ0n) is 9.51. The number of nitrogens with zero attached hydrogens (tertiary/aromatic N) is 1. The minimum absolute atomic E-state index is 0.265. The van der Waals surface area contributed by atoms with E-state index in [0.29, 0.717) is 0 Å². The molecule has 1 atom stereocenters. The summed E-state index contributed by atoms with van der Waals surface area (Å²) in [6, 6.07) is 21.0. The van der Waals surface area contributed by atoms with Gasteiger partial charge in [-0.3, -0.25) is 0 Å². The van der Waals surface area contributed by atoms with Gasteiger partial charge in [0.1, 0.15) is 0 Å². The Hall–Kier alpha value is -1.60. The van der Waals surface area contributed by atoms with Crippen molar-refractivity contribution in [2.24, 2.45) is 0 Å². The van der Waals surface area contributed by atoms with Gasteiger partial charge in [-0.2, -0.15) is 0 Å². The van der Waals surface area contributed by atoms with Gasteiger partial charge in [-0.1, -0.05) is 78.7 Å². The fourth-order valence-corrected chi connectivity index (χ4v) is 1.66. The standard InChI is InChI=1S/C15H16N/c1-13(15-10-6-3-7-11-15)16-12-14-8-4-2-5-9-14/h2-11,13H,12H2,1H3/q-1/t13-/m1/s1. The SMILES string of the molecule is C[C@@H]([N-]Cc1ccccc1)c1ccccc1. The van der Waals surface area contributed by atoms with Gasteiger partial charge >= 0.3 is 0 Å². The molecule has 16 heavy (non-hydrogen) atoms. The van der Waals surface area contributed by atoms with E-state index in [9.17, 15) is 0 Å². The molecule has 1 nitrogen and oxygen atoms in total. The van der Waals surface area contributed by atoms with E-state index in [1.165, 1.54) is 11.1 Å². The smallest absolute Gasteiger partial charge is 0.0605 e. The van der Waals surface area contributed by atoms with Gasteiger partial charge in [0.2, 0.25) is 0 Å². The maximum atomic E-state index is 4.66. The molecule has 1 heteroatoms. The molecule has 2 aromatic rings. The second kappa shape index (κ2) is 5.47. The topological polar surface area (TPSA) is 14.1 Å². The predicted octanol–water partition coefficient (Wildman–Crippen LogP) is 4.32. The molecular formula is C15H16N-. The summed E-state index contributed by atoms with van der Waals surface area (Å²) in [5.74, 6) is 0. The first-order valence-corrected chi connectivity index (χ1v) is 5.62. The number of benzene rings is 2. The van der Waals surface area contributed by atoms with E-state index in [1.54, 1.807) is 0 Å². The summed E-state index contributed by atoms with van der Waals surface area (Å²) in [7, 11) is 0. The molecule has 0 saturated carbocycles. The minimum atomic E-state index is 0.265. The van der Waals surface area contributed by atoms with Gasteiger partial charge in [-0.05, 0) is 0 Å². The third-order valence-electron chi connectivity index (χ3n) is 2.67. The zero-order chi connectivity index (χ0) is 11.2. The van der Waals surface area contributed by atoms with Crippen molar-refractivity contribution in [1.82, 2.24) is 0 Å². The summed E-state index contributed by atoms with van der Waals surface area (Å²) in [5.41, 5.74) is 2.55. The number of hydrogen-bond acceptors (Lipinski definition) is 0. The van der Waals surface area contributed by atoms with Crippen LogP contribution in [0.25, 0.3) is 5.32 Å². The lowest BCUT2D eigenvalue weighted by Crippen LogP contribution is -1.93. The molecule has 0 aliphatic heterocycles. The van der Waals surface area contributed by atoms with Crippen LogP contribution in [0.1, 0.15) is 24.1 Å². The largest absolute Gasteiger partial charge is 0.652 e. The van der Waals surface area contributed by atoms with Crippen LogP contribution in [0.5, 0.6) is 0 Å². The summed E-state index contributed by atoms with van der Waals surface area (Å²) in [5, 5.41) is 4.66. The van der Waals surface area contributed by atoms with Crippen LogP contribution >= 0.6 is 0 Å². The highest BCUT2D eigenvalue weighted by Crippen LogP contribution is 2.22. The fraction of sp³-hybridized carbons (Fsp3) is 0.200. The molecule has 0 bridgehead atoms. The highest BCUT2D eigenvalue weighted by atomic mass is 14.9. The van der Waals surface area contributed by atoms with Crippen LogP contribution in [0.3, 0.4) is 0 Å². The molecule has 0 aliphatic carbocycles. The Labute approximate surface area is 97.1 Å². The van der Waals surface area contributed by atoms with E-state index in [1.807, 2.05) is 12.1 Å². The van der Waals surface area contributed by atoms with E-state index in [0.717, 1.165) is 6.54 Å². The Morgan fingerprint density at radius 3 is 2.06 bits per heavy atom. The Morgan fingerprint density at radius 1 is 0.875 bits per heavy atom. The lowest BCUT2D eigenvalue weighted by atomic mass is 10.1. The molecule has 0 aliphatic rings. The first-order chi connectivity index (χ1) is 7.86. The number of hydrogen-bond donors (Lipinski definition) is 0. The Morgan fingerprint density at radius 2 is 1.44 bits per heavy atom. The first kappa shape index (κ1) is 10.9. The summed E-state index contributed by atoms with van der Waals surface area (Å²) in [4.78, 5) is 0. The molecule has 0 amide bonds. The third-order valence-corrected chi connectivity index (χ3v) is 2.67. The Bertz CT molecular complexity index is 408. The van der Waals surface area contributed by atoms with Crippen molar-refractivity contribution >= 4 is 0 Å². The van der Waals surface area contributed by atoms with E-state index in [2.05, 4.69) is 60.8 Å².